The molecule has 6 heteroatoms. The van der Waals surface area contributed by atoms with Crippen LogP contribution in [-0.2, 0) is 4.79 Å². The van der Waals surface area contributed by atoms with E-state index in [0.717, 1.165) is 24.2 Å². The van der Waals surface area contributed by atoms with Gasteiger partial charge in [-0.1, -0.05) is 6.07 Å². The van der Waals surface area contributed by atoms with E-state index in [0.29, 0.717) is 23.2 Å². The first-order valence-electron chi connectivity index (χ1n) is 8.91. The number of benzene rings is 2. The fraction of sp³-hybridized carbons (Fsp3) is 0.286. The Balaban J connectivity index is 1.77. The Bertz CT molecular complexity index is 888. The van der Waals surface area contributed by atoms with Crippen LogP contribution in [0.15, 0.2) is 42.5 Å². The van der Waals surface area contributed by atoms with E-state index in [1.54, 1.807) is 61.5 Å². The smallest absolute Gasteiger partial charge is 0.255 e. The molecule has 2 aromatic rings. The van der Waals surface area contributed by atoms with Gasteiger partial charge in [0.25, 0.3) is 11.8 Å². The lowest BCUT2D eigenvalue weighted by molar-refractivity contribution is -0.117. The Hall–Kier alpha value is -3.15. The number of amides is 3. The third-order valence-electron chi connectivity index (χ3n) is 4.73. The van der Waals surface area contributed by atoms with Crippen molar-refractivity contribution in [3.63, 3.8) is 0 Å². The quantitative estimate of drug-likeness (QED) is 0.905. The van der Waals surface area contributed by atoms with Crippen molar-refractivity contribution < 1.29 is 14.4 Å². The second-order valence-electron chi connectivity index (χ2n) is 6.83. The van der Waals surface area contributed by atoms with Crippen LogP contribution < -0.4 is 10.2 Å². The topological polar surface area (TPSA) is 69.7 Å². The number of carbonyl (C=O) groups is 3. The molecular weight excluding hydrogens is 342 g/mol. The zero-order chi connectivity index (χ0) is 19.6. The molecule has 3 amide bonds. The van der Waals surface area contributed by atoms with E-state index in [2.05, 4.69) is 5.32 Å². The first-order chi connectivity index (χ1) is 12.9. The van der Waals surface area contributed by atoms with Gasteiger partial charge in [-0.3, -0.25) is 14.4 Å². The summed E-state index contributed by atoms with van der Waals surface area (Å²) in [7, 11) is 3.39. The summed E-state index contributed by atoms with van der Waals surface area (Å²) in [5.74, 6) is -0.250. The van der Waals surface area contributed by atoms with Crippen molar-refractivity contribution in [1.29, 1.82) is 0 Å². The van der Waals surface area contributed by atoms with Gasteiger partial charge in [0.05, 0.1) is 0 Å². The second kappa shape index (κ2) is 7.61. The van der Waals surface area contributed by atoms with Gasteiger partial charge in [-0.2, -0.15) is 0 Å². The molecule has 0 unspecified atom stereocenters. The molecule has 140 valence electrons. The molecule has 3 rings (SSSR count). The Morgan fingerprint density at radius 2 is 1.78 bits per heavy atom. The molecule has 1 aliphatic heterocycles. The Labute approximate surface area is 158 Å². The largest absolute Gasteiger partial charge is 0.345 e. The Morgan fingerprint density at radius 3 is 2.37 bits per heavy atom. The highest BCUT2D eigenvalue weighted by molar-refractivity contribution is 6.06. The van der Waals surface area contributed by atoms with Gasteiger partial charge in [0.1, 0.15) is 0 Å². The fourth-order valence-electron chi connectivity index (χ4n) is 3.15. The molecule has 1 fully saturated rings. The van der Waals surface area contributed by atoms with E-state index < -0.39 is 0 Å². The number of anilines is 2. The zero-order valence-electron chi connectivity index (χ0n) is 15.8. The first-order valence-corrected chi connectivity index (χ1v) is 8.91. The maximum absolute atomic E-state index is 12.6. The number of nitrogens with one attached hydrogen (secondary N) is 1. The maximum Gasteiger partial charge on any atom is 0.255 e. The van der Waals surface area contributed by atoms with Crippen LogP contribution in [0.3, 0.4) is 0 Å². The summed E-state index contributed by atoms with van der Waals surface area (Å²) in [6, 6.07) is 12.3. The van der Waals surface area contributed by atoms with E-state index in [1.165, 1.54) is 4.90 Å². The number of rotatable bonds is 4. The van der Waals surface area contributed by atoms with Gasteiger partial charge in [0, 0.05) is 49.6 Å². The summed E-state index contributed by atoms with van der Waals surface area (Å²) in [5.41, 5.74) is 3.19. The van der Waals surface area contributed by atoms with Gasteiger partial charge in [-0.15, -0.1) is 0 Å². The molecule has 27 heavy (non-hydrogen) atoms. The van der Waals surface area contributed by atoms with Crippen molar-refractivity contribution in [3.05, 3.63) is 59.2 Å². The number of carbonyl (C=O) groups excluding carboxylic acids is 3. The average molecular weight is 365 g/mol. The SMILES string of the molecule is Cc1c(NC(=O)c2ccc(N3CCCC3=O)cc2)cccc1C(=O)N(C)C. The van der Waals surface area contributed by atoms with E-state index in [1.807, 2.05) is 6.92 Å². The van der Waals surface area contributed by atoms with Crippen LogP contribution in [0.2, 0.25) is 0 Å². The molecule has 0 aromatic heterocycles. The normalized spacial score (nSPS) is 13.6. The highest BCUT2D eigenvalue weighted by Crippen LogP contribution is 2.23. The molecule has 0 spiro atoms. The highest BCUT2D eigenvalue weighted by Gasteiger charge is 2.22. The molecule has 1 N–H and O–H groups in total. The minimum Gasteiger partial charge on any atom is -0.345 e. The van der Waals surface area contributed by atoms with Crippen molar-refractivity contribution in [1.82, 2.24) is 4.90 Å². The molecule has 0 radical (unpaired) electrons. The minimum atomic E-state index is -0.258. The molecule has 6 nitrogen and oxygen atoms in total. The van der Waals surface area contributed by atoms with Crippen molar-refractivity contribution in [2.24, 2.45) is 0 Å². The van der Waals surface area contributed by atoms with E-state index >= 15 is 0 Å². The average Bonchev–Trinajstić information content (AvgIpc) is 3.09. The summed E-state index contributed by atoms with van der Waals surface area (Å²) >= 11 is 0. The summed E-state index contributed by atoms with van der Waals surface area (Å²) in [5, 5.41) is 2.87. The Morgan fingerprint density at radius 1 is 1.07 bits per heavy atom. The van der Waals surface area contributed by atoms with Crippen LogP contribution in [0, 0.1) is 6.92 Å². The lowest BCUT2D eigenvalue weighted by Gasteiger charge is -2.17. The standard InChI is InChI=1S/C21H23N3O3/c1-14-17(21(27)23(2)3)6-4-7-18(14)22-20(26)15-9-11-16(12-10-15)24-13-5-8-19(24)25/h4,6-7,9-12H,5,8,13H2,1-3H3,(H,22,26). The maximum atomic E-state index is 12.6. The summed E-state index contributed by atoms with van der Waals surface area (Å²) in [6.07, 6.45) is 1.44. The second-order valence-corrected chi connectivity index (χ2v) is 6.83. The summed E-state index contributed by atoms with van der Waals surface area (Å²) in [6.45, 7) is 2.53. The van der Waals surface area contributed by atoms with Crippen molar-refractivity contribution in [2.45, 2.75) is 19.8 Å². The van der Waals surface area contributed by atoms with Crippen LogP contribution in [0.5, 0.6) is 0 Å². The monoisotopic (exact) mass is 365 g/mol. The van der Waals surface area contributed by atoms with Gasteiger partial charge >= 0.3 is 0 Å². The highest BCUT2D eigenvalue weighted by atomic mass is 16.2. The van der Waals surface area contributed by atoms with Gasteiger partial charge in [-0.25, -0.2) is 0 Å². The Kier molecular flexibility index (Phi) is 5.26. The number of hydrogen-bond acceptors (Lipinski definition) is 3. The molecule has 1 aliphatic rings. The third kappa shape index (κ3) is 3.84. The summed E-state index contributed by atoms with van der Waals surface area (Å²) in [4.78, 5) is 39.9. The fourth-order valence-corrected chi connectivity index (χ4v) is 3.15. The lowest BCUT2D eigenvalue weighted by Crippen LogP contribution is -2.24. The van der Waals surface area contributed by atoms with Gasteiger partial charge in [-0.05, 0) is 55.3 Å². The molecule has 2 aromatic carbocycles. The molecule has 0 bridgehead atoms. The van der Waals surface area contributed by atoms with E-state index in [-0.39, 0.29) is 17.7 Å². The van der Waals surface area contributed by atoms with Crippen LogP contribution in [0.4, 0.5) is 11.4 Å². The molecule has 0 saturated carbocycles. The first kappa shape index (κ1) is 18.6. The van der Waals surface area contributed by atoms with Gasteiger partial charge in [0.15, 0.2) is 0 Å². The van der Waals surface area contributed by atoms with E-state index in [4.69, 9.17) is 0 Å². The summed E-state index contributed by atoms with van der Waals surface area (Å²) < 4.78 is 0. The van der Waals surface area contributed by atoms with Crippen LogP contribution in [-0.4, -0.2) is 43.3 Å². The predicted octanol–water partition coefficient (Wildman–Crippen LogP) is 3.08. The molecular formula is C21H23N3O3. The third-order valence-corrected chi connectivity index (χ3v) is 4.73. The van der Waals surface area contributed by atoms with Crippen LogP contribution in [0.1, 0.15) is 39.1 Å². The predicted molar refractivity (Wildman–Crippen MR) is 105 cm³/mol. The van der Waals surface area contributed by atoms with Gasteiger partial charge in [0.2, 0.25) is 5.91 Å². The van der Waals surface area contributed by atoms with Gasteiger partial charge < -0.3 is 15.1 Å². The van der Waals surface area contributed by atoms with Crippen molar-refractivity contribution >= 4 is 29.1 Å². The molecule has 0 aliphatic carbocycles. The molecule has 0 atom stereocenters. The minimum absolute atomic E-state index is 0.108. The van der Waals surface area contributed by atoms with Crippen molar-refractivity contribution in [3.8, 4) is 0 Å². The number of nitrogens with zero attached hydrogens (tertiary/aromatic N) is 2. The molecule has 1 saturated heterocycles. The van der Waals surface area contributed by atoms with E-state index in [9.17, 15) is 14.4 Å². The number of hydrogen-bond donors (Lipinski definition) is 1. The van der Waals surface area contributed by atoms with Crippen LogP contribution >= 0.6 is 0 Å². The molecule has 1 heterocycles. The lowest BCUT2D eigenvalue weighted by atomic mass is 10.1. The van der Waals surface area contributed by atoms with Crippen molar-refractivity contribution in [2.75, 3.05) is 30.9 Å². The van der Waals surface area contributed by atoms with Crippen LogP contribution in [0.25, 0.3) is 0 Å². The zero-order valence-corrected chi connectivity index (χ0v) is 15.8.